The van der Waals surface area contributed by atoms with Crippen LogP contribution in [0.15, 0.2) is 72.8 Å². The van der Waals surface area contributed by atoms with Crippen LogP contribution in [-0.2, 0) is 20.5 Å². The molecule has 2 fully saturated rings. The monoisotopic (exact) mass is 463 g/mol. The number of amides is 2. The van der Waals surface area contributed by atoms with Gasteiger partial charge in [0.1, 0.15) is 11.0 Å². The van der Waals surface area contributed by atoms with Crippen LogP contribution in [0.5, 0.6) is 0 Å². The molecule has 0 bridgehead atoms. The van der Waals surface area contributed by atoms with E-state index < -0.39 is 16.9 Å². The molecule has 2 N–H and O–H groups in total. The molecular weight excluding hydrogens is 438 g/mol. The summed E-state index contributed by atoms with van der Waals surface area (Å²) in [5.74, 6) is -1.28. The fourth-order valence-corrected chi connectivity index (χ4v) is 7.43. The Balaban J connectivity index is 1.58. The highest BCUT2D eigenvalue weighted by Crippen LogP contribution is 2.67. The normalized spacial score (nSPS) is 30.3. The maximum atomic E-state index is 14.4. The van der Waals surface area contributed by atoms with Crippen molar-refractivity contribution in [2.45, 2.75) is 36.8 Å². The van der Waals surface area contributed by atoms with Gasteiger partial charge in [0.05, 0.1) is 5.92 Å². The van der Waals surface area contributed by atoms with Crippen LogP contribution in [0.4, 0.5) is 11.4 Å². The van der Waals surface area contributed by atoms with Gasteiger partial charge in [-0.15, -0.1) is 0 Å². The molecule has 0 radical (unpaired) electrons. The topological polar surface area (TPSA) is 78.5 Å². The van der Waals surface area contributed by atoms with Crippen LogP contribution in [0.2, 0.25) is 0 Å². The van der Waals surface area contributed by atoms with Gasteiger partial charge in [-0.3, -0.25) is 19.3 Å². The number of aryl methyl sites for hydroxylation is 1. The first-order valence-corrected chi connectivity index (χ1v) is 12.2. The number of hydrogen-bond donors (Lipinski definition) is 2. The van der Waals surface area contributed by atoms with Gasteiger partial charge >= 0.3 is 0 Å². The number of fused-ring (bicyclic) bond motifs is 7. The van der Waals surface area contributed by atoms with Gasteiger partial charge in [0.25, 0.3) is 5.91 Å². The first-order chi connectivity index (χ1) is 17.0. The molecule has 6 heteroatoms. The summed E-state index contributed by atoms with van der Waals surface area (Å²) in [5, 5.41) is 6.15. The minimum absolute atomic E-state index is 0.0807. The highest BCUT2D eigenvalue weighted by Gasteiger charge is 2.81. The standard InChI is InChI=1S/C29H25N3O3/c1-17-12-14-18(15-13-17)25(33)24-23-11-6-16-32(23)29(20-8-3-5-10-22(20)31-27(29)35)28(24)19-7-2-4-9-21(19)30-26(28)34/h2-5,7-10,12-15,23-24H,6,11,16H2,1H3,(H,30,34)(H,31,35)/t23-,24-,28+,29-/m1/s1. The van der Waals surface area contributed by atoms with Crippen molar-refractivity contribution >= 4 is 29.0 Å². The van der Waals surface area contributed by atoms with Crippen molar-refractivity contribution in [3.05, 3.63) is 95.1 Å². The van der Waals surface area contributed by atoms with Gasteiger partial charge < -0.3 is 10.6 Å². The Morgan fingerprint density at radius 1 is 0.857 bits per heavy atom. The molecule has 7 rings (SSSR count). The van der Waals surface area contributed by atoms with E-state index in [0.29, 0.717) is 23.5 Å². The van der Waals surface area contributed by atoms with Crippen molar-refractivity contribution in [1.82, 2.24) is 4.90 Å². The highest BCUT2D eigenvalue weighted by molar-refractivity contribution is 6.21. The second-order valence-corrected chi connectivity index (χ2v) is 10.1. The summed E-state index contributed by atoms with van der Waals surface area (Å²) in [7, 11) is 0. The molecule has 0 unspecified atom stereocenters. The van der Waals surface area contributed by atoms with E-state index in [1.165, 1.54) is 0 Å². The lowest BCUT2D eigenvalue weighted by Gasteiger charge is -2.43. The van der Waals surface area contributed by atoms with Crippen molar-refractivity contribution in [2.75, 3.05) is 17.2 Å². The molecule has 0 aliphatic carbocycles. The zero-order chi connectivity index (χ0) is 23.9. The van der Waals surface area contributed by atoms with E-state index in [-0.39, 0.29) is 23.6 Å². The average Bonchev–Trinajstić information content (AvgIpc) is 3.58. The number of carbonyl (C=O) groups is 3. The predicted octanol–water partition coefficient (Wildman–Crippen LogP) is 4.01. The van der Waals surface area contributed by atoms with Gasteiger partial charge in [-0.2, -0.15) is 0 Å². The fourth-order valence-electron chi connectivity index (χ4n) is 7.43. The smallest absolute Gasteiger partial charge is 0.251 e. The summed E-state index contributed by atoms with van der Waals surface area (Å²) in [4.78, 5) is 45.2. The molecule has 35 heavy (non-hydrogen) atoms. The molecule has 2 amide bonds. The zero-order valence-electron chi connectivity index (χ0n) is 19.4. The molecule has 3 aromatic rings. The van der Waals surface area contributed by atoms with Crippen molar-refractivity contribution < 1.29 is 14.4 Å². The van der Waals surface area contributed by atoms with Gasteiger partial charge in [0.15, 0.2) is 5.78 Å². The second-order valence-electron chi connectivity index (χ2n) is 10.1. The Hall–Kier alpha value is -3.77. The van der Waals surface area contributed by atoms with Gasteiger partial charge in [-0.1, -0.05) is 66.2 Å². The quantitative estimate of drug-likeness (QED) is 0.563. The maximum absolute atomic E-state index is 14.4. The number of Topliss-reactive ketones (excluding diaryl/α,β-unsaturated/α-hetero) is 1. The van der Waals surface area contributed by atoms with Crippen molar-refractivity contribution in [3.63, 3.8) is 0 Å². The Morgan fingerprint density at radius 2 is 1.49 bits per heavy atom. The van der Waals surface area contributed by atoms with Crippen LogP contribution in [0.1, 0.15) is 39.9 Å². The van der Waals surface area contributed by atoms with E-state index in [4.69, 9.17) is 0 Å². The summed E-state index contributed by atoms with van der Waals surface area (Å²) in [5.41, 5.74) is 1.86. The highest BCUT2D eigenvalue weighted by atomic mass is 16.2. The molecule has 4 aliphatic heterocycles. The third-order valence-electron chi connectivity index (χ3n) is 8.62. The predicted molar refractivity (Wildman–Crippen MR) is 132 cm³/mol. The lowest BCUT2D eigenvalue weighted by molar-refractivity contribution is -0.137. The summed E-state index contributed by atoms with van der Waals surface area (Å²) in [6, 6.07) is 22.5. The Morgan fingerprint density at radius 3 is 2.23 bits per heavy atom. The van der Waals surface area contributed by atoms with Gasteiger partial charge in [-0.25, -0.2) is 0 Å². The fraction of sp³-hybridized carbons (Fsp3) is 0.276. The average molecular weight is 464 g/mol. The molecule has 6 nitrogen and oxygen atoms in total. The molecule has 174 valence electrons. The summed E-state index contributed by atoms with van der Waals surface area (Å²) in [6.45, 7) is 2.64. The Labute approximate surface area is 203 Å². The number of hydrogen-bond acceptors (Lipinski definition) is 4. The number of para-hydroxylation sites is 2. The second kappa shape index (κ2) is 6.89. The van der Waals surface area contributed by atoms with Gasteiger partial charge in [0.2, 0.25) is 5.91 Å². The summed E-state index contributed by atoms with van der Waals surface area (Å²) in [6.07, 6.45) is 1.63. The number of benzene rings is 3. The van der Waals surface area contributed by atoms with Crippen molar-refractivity contribution in [1.29, 1.82) is 0 Å². The van der Waals surface area contributed by atoms with E-state index in [9.17, 15) is 14.4 Å². The minimum atomic E-state index is -1.38. The Kier molecular flexibility index (Phi) is 4.05. The van der Waals surface area contributed by atoms with Gasteiger partial charge in [-0.05, 0) is 44.0 Å². The molecule has 0 aromatic heterocycles. The molecule has 4 heterocycles. The summed E-state index contributed by atoms with van der Waals surface area (Å²) >= 11 is 0. The Bertz CT molecular complexity index is 1430. The number of nitrogens with one attached hydrogen (secondary N) is 2. The van der Waals surface area contributed by atoms with E-state index in [1.54, 1.807) is 0 Å². The van der Waals surface area contributed by atoms with E-state index in [1.807, 2.05) is 79.7 Å². The first-order valence-electron chi connectivity index (χ1n) is 12.2. The van der Waals surface area contributed by atoms with Crippen LogP contribution in [0.25, 0.3) is 0 Å². The molecule has 2 saturated heterocycles. The SMILES string of the molecule is Cc1ccc(C(=O)[C@H]2[C@H]3CCCN3[C@]3(C(=O)Nc4ccccc43)[C@]23C(=O)Nc2ccccc23)cc1. The number of anilines is 2. The van der Waals surface area contributed by atoms with Gasteiger partial charge in [0, 0.05) is 28.5 Å². The lowest BCUT2D eigenvalue weighted by Crippen LogP contribution is -2.62. The number of ketones is 1. The van der Waals surface area contributed by atoms with Crippen LogP contribution in [0.3, 0.4) is 0 Å². The number of rotatable bonds is 2. The van der Waals surface area contributed by atoms with Crippen molar-refractivity contribution in [2.24, 2.45) is 5.92 Å². The maximum Gasteiger partial charge on any atom is 0.251 e. The largest absolute Gasteiger partial charge is 0.325 e. The third kappa shape index (κ3) is 2.26. The zero-order valence-corrected chi connectivity index (χ0v) is 19.4. The molecular formula is C29H25N3O3. The van der Waals surface area contributed by atoms with Crippen molar-refractivity contribution in [3.8, 4) is 0 Å². The van der Waals surface area contributed by atoms with E-state index in [0.717, 1.165) is 29.5 Å². The van der Waals surface area contributed by atoms with E-state index in [2.05, 4.69) is 15.5 Å². The molecule has 2 spiro atoms. The van der Waals surface area contributed by atoms with E-state index >= 15 is 0 Å². The van der Waals surface area contributed by atoms with Crippen LogP contribution in [0, 0.1) is 12.8 Å². The van der Waals surface area contributed by atoms with Crippen LogP contribution < -0.4 is 10.6 Å². The molecule has 4 aliphatic rings. The minimum Gasteiger partial charge on any atom is -0.325 e. The summed E-state index contributed by atoms with van der Waals surface area (Å²) < 4.78 is 0. The molecule has 4 atom stereocenters. The third-order valence-corrected chi connectivity index (χ3v) is 8.62. The first kappa shape index (κ1) is 20.6. The lowest BCUT2D eigenvalue weighted by atomic mass is 9.57. The number of nitrogens with zero attached hydrogens (tertiary/aromatic N) is 1. The van der Waals surface area contributed by atoms with Crippen LogP contribution >= 0.6 is 0 Å². The molecule has 3 aromatic carbocycles. The molecule has 0 saturated carbocycles. The van der Waals surface area contributed by atoms with Crippen LogP contribution in [-0.4, -0.2) is 35.1 Å². The number of carbonyl (C=O) groups excluding carboxylic acids is 3.